The molecule has 0 aliphatic rings. The molecular weight excluding hydrogens is 433 g/mol. The number of halogens is 2. The second kappa shape index (κ2) is 9.71. The van der Waals surface area contributed by atoms with E-state index >= 15 is 0 Å². The van der Waals surface area contributed by atoms with Crippen molar-refractivity contribution in [1.82, 2.24) is 4.98 Å². The molecule has 0 aliphatic carbocycles. The molecule has 0 saturated heterocycles. The number of allylic oxidation sites excluding steroid dienone is 1. The predicted molar refractivity (Wildman–Crippen MR) is 126 cm³/mol. The third kappa shape index (κ3) is 4.56. The molecule has 2 atom stereocenters. The lowest BCUT2D eigenvalue weighted by molar-refractivity contribution is -0.151. The van der Waals surface area contributed by atoms with E-state index in [1.54, 1.807) is 6.08 Å². The molecule has 1 aromatic heterocycles. The normalized spacial score (nSPS) is 14.0. The van der Waals surface area contributed by atoms with E-state index in [-0.39, 0.29) is 16.3 Å². The molecule has 0 N–H and O–H groups in total. The maximum absolute atomic E-state index is 13.3. The minimum atomic E-state index is -1.12. The van der Waals surface area contributed by atoms with Gasteiger partial charge in [-0.3, -0.25) is 9.78 Å². The molecule has 0 saturated carbocycles. The lowest BCUT2D eigenvalue weighted by atomic mass is 9.65. The van der Waals surface area contributed by atoms with Crippen molar-refractivity contribution in [2.24, 2.45) is 11.8 Å². The van der Waals surface area contributed by atoms with Crippen LogP contribution in [0.2, 0.25) is 0 Å². The minimum absolute atomic E-state index is 0.0861. The van der Waals surface area contributed by atoms with Crippen LogP contribution in [0.25, 0.3) is 10.9 Å². The van der Waals surface area contributed by atoms with Crippen LogP contribution in [0.15, 0.2) is 71.2 Å². The van der Waals surface area contributed by atoms with Crippen molar-refractivity contribution in [2.45, 2.75) is 26.2 Å². The van der Waals surface area contributed by atoms with Gasteiger partial charge >= 0.3 is 5.97 Å². The van der Waals surface area contributed by atoms with E-state index in [9.17, 15) is 4.79 Å². The summed E-state index contributed by atoms with van der Waals surface area (Å²) in [4.78, 5) is 18.2. The van der Waals surface area contributed by atoms with Gasteiger partial charge in [0.1, 0.15) is 21.4 Å². The van der Waals surface area contributed by atoms with Crippen molar-refractivity contribution >= 4 is 40.1 Å². The van der Waals surface area contributed by atoms with Crippen molar-refractivity contribution < 1.29 is 14.3 Å². The van der Waals surface area contributed by atoms with Gasteiger partial charge in [0, 0.05) is 11.5 Å². The van der Waals surface area contributed by atoms with Gasteiger partial charge in [-0.05, 0) is 42.2 Å². The fourth-order valence-electron chi connectivity index (χ4n) is 4.13. The standard InChI is InChI=1S/C25H25Cl2NO3/c1-16(2)25(24(29)30-4,17(3)14-23(26)27)22-15-21(31-18-10-6-5-7-11-18)19-12-8-9-13-20(19)28-22/h5-17H,1-4H3. The number of methoxy groups -OCH3 is 1. The highest BCUT2D eigenvalue weighted by molar-refractivity contribution is 6.55. The third-order valence-electron chi connectivity index (χ3n) is 5.60. The van der Waals surface area contributed by atoms with E-state index in [1.165, 1.54) is 7.11 Å². The Hall–Kier alpha value is -2.56. The molecule has 0 spiro atoms. The number of hydrogen-bond acceptors (Lipinski definition) is 4. The van der Waals surface area contributed by atoms with Gasteiger partial charge in [0.2, 0.25) is 0 Å². The number of esters is 1. The van der Waals surface area contributed by atoms with Crippen LogP contribution in [0.1, 0.15) is 26.5 Å². The van der Waals surface area contributed by atoms with E-state index in [2.05, 4.69) is 0 Å². The second-order valence-electron chi connectivity index (χ2n) is 7.70. The van der Waals surface area contributed by atoms with Crippen LogP contribution >= 0.6 is 23.2 Å². The quantitative estimate of drug-likeness (QED) is 0.356. The first kappa shape index (κ1) is 23.1. The predicted octanol–water partition coefficient (Wildman–Crippen LogP) is 7.05. The number of rotatable bonds is 7. The van der Waals surface area contributed by atoms with E-state index in [0.717, 1.165) is 5.39 Å². The Kier molecular flexibility index (Phi) is 7.24. The Bertz CT molecular complexity index is 1090. The van der Waals surface area contributed by atoms with Gasteiger partial charge in [0.05, 0.1) is 18.3 Å². The zero-order valence-corrected chi connectivity index (χ0v) is 19.4. The topological polar surface area (TPSA) is 48.4 Å². The average molecular weight is 458 g/mol. The summed E-state index contributed by atoms with van der Waals surface area (Å²) in [7, 11) is 1.38. The Balaban J connectivity index is 2.31. The maximum Gasteiger partial charge on any atom is 0.318 e. The zero-order chi connectivity index (χ0) is 22.6. The van der Waals surface area contributed by atoms with Gasteiger partial charge in [0.25, 0.3) is 0 Å². The Morgan fingerprint density at radius 2 is 1.68 bits per heavy atom. The SMILES string of the molecule is COC(=O)C(c1cc(Oc2ccccc2)c2ccccc2n1)(C(C)C)C(C)C=C(Cl)Cl. The largest absolute Gasteiger partial charge is 0.468 e. The fraction of sp³-hybridized carbons (Fsp3) is 0.280. The molecule has 0 bridgehead atoms. The summed E-state index contributed by atoms with van der Waals surface area (Å²) >= 11 is 12.0. The third-order valence-corrected chi connectivity index (χ3v) is 5.85. The molecule has 31 heavy (non-hydrogen) atoms. The molecule has 2 aromatic carbocycles. The first-order valence-electron chi connectivity index (χ1n) is 10.0. The lowest BCUT2D eigenvalue weighted by Gasteiger charge is -2.38. The van der Waals surface area contributed by atoms with Crippen LogP contribution < -0.4 is 4.74 Å². The first-order valence-corrected chi connectivity index (χ1v) is 10.8. The van der Waals surface area contributed by atoms with Gasteiger partial charge in [-0.15, -0.1) is 0 Å². The molecule has 1 heterocycles. The van der Waals surface area contributed by atoms with E-state index < -0.39 is 11.4 Å². The molecule has 0 amide bonds. The van der Waals surface area contributed by atoms with Crippen LogP contribution in [0.5, 0.6) is 11.5 Å². The minimum Gasteiger partial charge on any atom is -0.468 e. The van der Waals surface area contributed by atoms with Crippen LogP contribution in [-0.2, 0) is 14.9 Å². The molecule has 3 aromatic rings. The Morgan fingerprint density at radius 3 is 2.29 bits per heavy atom. The number of benzene rings is 2. The van der Waals surface area contributed by atoms with E-state index in [0.29, 0.717) is 22.7 Å². The Labute approximate surface area is 192 Å². The summed E-state index contributed by atoms with van der Waals surface area (Å²) in [6, 6.07) is 19.0. The highest BCUT2D eigenvalue weighted by Gasteiger charge is 2.50. The van der Waals surface area contributed by atoms with Crippen LogP contribution in [0.4, 0.5) is 0 Å². The fourth-order valence-corrected chi connectivity index (χ4v) is 4.50. The number of nitrogens with zero attached hydrogens (tertiary/aromatic N) is 1. The van der Waals surface area contributed by atoms with Crippen LogP contribution in [0, 0.1) is 11.8 Å². The number of hydrogen-bond donors (Lipinski definition) is 0. The molecule has 6 heteroatoms. The van der Waals surface area contributed by atoms with Crippen molar-refractivity contribution in [3.63, 3.8) is 0 Å². The van der Waals surface area contributed by atoms with Crippen molar-refractivity contribution in [2.75, 3.05) is 7.11 Å². The summed E-state index contributed by atoms with van der Waals surface area (Å²) in [5.74, 6) is 0.332. The number of fused-ring (bicyclic) bond motifs is 1. The number of ether oxygens (including phenoxy) is 2. The molecule has 0 aliphatic heterocycles. The summed E-state index contributed by atoms with van der Waals surface area (Å²) in [6.45, 7) is 5.80. The van der Waals surface area contributed by atoms with Gasteiger partial charge in [-0.2, -0.15) is 0 Å². The number of carbonyl (C=O) groups is 1. The molecule has 3 rings (SSSR count). The number of carbonyl (C=O) groups excluding carboxylic acids is 1. The average Bonchev–Trinajstić information content (AvgIpc) is 2.74. The highest BCUT2D eigenvalue weighted by atomic mass is 35.5. The molecule has 2 unspecified atom stereocenters. The van der Waals surface area contributed by atoms with E-state index in [4.69, 9.17) is 37.7 Å². The lowest BCUT2D eigenvalue weighted by Crippen LogP contribution is -2.47. The number of para-hydroxylation sites is 2. The van der Waals surface area contributed by atoms with Gasteiger partial charge in [0.15, 0.2) is 0 Å². The number of aromatic nitrogens is 1. The van der Waals surface area contributed by atoms with Gasteiger partial charge < -0.3 is 9.47 Å². The van der Waals surface area contributed by atoms with Crippen molar-refractivity contribution in [3.8, 4) is 11.5 Å². The summed E-state index contributed by atoms with van der Waals surface area (Å²) in [5, 5.41) is 0.844. The number of pyridine rings is 1. The van der Waals surface area contributed by atoms with Crippen LogP contribution in [0.3, 0.4) is 0 Å². The molecule has 0 radical (unpaired) electrons. The van der Waals surface area contributed by atoms with Gasteiger partial charge in [-0.25, -0.2) is 0 Å². The summed E-state index contributed by atoms with van der Waals surface area (Å²) < 4.78 is 11.6. The highest BCUT2D eigenvalue weighted by Crippen LogP contribution is 2.44. The first-order chi connectivity index (χ1) is 14.8. The molecular formula is C25H25Cl2NO3. The monoisotopic (exact) mass is 457 g/mol. The van der Waals surface area contributed by atoms with Gasteiger partial charge in [-0.1, -0.05) is 74.3 Å². The summed E-state index contributed by atoms with van der Waals surface area (Å²) in [5.41, 5.74) is 0.133. The second-order valence-corrected chi connectivity index (χ2v) is 8.71. The van der Waals surface area contributed by atoms with E-state index in [1.807, 2.05) is 81.4 Å². The Morgan fingerprint density at radius 1 is 1.03 bits per heavy atom. The summed E-state index contributed by atoms with van der Waals surface area (Å²) in [6.07, 6.45) is 1.65. The smallest absolute Gasteiger partial charge is 0.318 e. The molecule has 0 fully saturated rings. The molecule has 4 nitrogen and oxygen atoms in total. The zero-order valence-electron chi connectivity index (χ0n) is 17.9. The maximum atomic E-state index is 13.3. The molecule has 162 valence electrons. The van der Waals surface area contributed by atoms with Crippen LogP contribution in [-0.4, -0.2) is 18.1 Å². The van der Waals surface area contributed by atoms with Crippen molar-refractivity contribution in [1.29, 1.82) is 0 Å². The van der Waals surface area contributed by atoms with Crippen molar-refractivity contribution in [3.05, 3.63) is 76.9 Å².